The van der Waals surface area contributed by atoms with E-state index in [1.807, 2.05) is 0 Å². The third-order valence-corrected chi connectivity index (χ3v) is 2.81. The highest BCUT2D eigenvalue weighted by Crippen LogP contribution is 2.14. The van der Waals surface area contributed by atoms with Crippen LogP contribution in [0.3, 0.4) is 0 Å². The fourth-order valence-corrected chi connectivity index (χ4v) is 1.29. The van der Waals surface area contributed by atoms with Gasteiger partial charge in [0, 0.05) is 24.8 Å². The van der Waals surface area contributed by atoms with Crippen molar-refractivity contribution in [2.75, 3.05) is 68.6 Å². The molecule has 0 saturated carbocycles. The summed E-state index contributed by atoms with van der Waals surface area (Å²) in [7, 11) is 12.3. The lowest BCUT2D eigenvalue weighted by Crippen LogP contribution is -2.48. The van der Waals surface area contributed by atoms with Gasteiger partial charge in [-0.1, -0.05) is 0 Å². The first-order chi connectivity index (χ1) is 11.9. The summed E-state index contributed by atoms with van der Waals surface area (Å²) in [5, 5.41) is 54.0. The maximum atomic E-state index is 10.3. The minimum absolute atomic E-state index is 0.281. The van der Waals surface area contributed by atoms with Crippen LogP contribution in [0.2, 0.25) is 0 Å². The van der Waals surface area contributed by atoms with E-state index in [0.717, 1.165) is 22.1 Å². The molecule has 11 nitrogen and oxygen atoms in total. The van der Waals surface area contributed by atoms with Gasteiger partial charge in [-0.25, -0.2) is 4.79 Å². The highest BCUT2D eigenvalue weighted by molar-refractivity contribution is 5.87. The first-order valence-electron chi connectivity index (χ1n) is 8.08. The summed E-state index contributed by atoms with van der Waals surface area (Å²) in [5.41, 5.74) is -2.86. The van der Waals surface area contributed by atoms with Crippen LogP contribution < -0.4 is 10.2 Å². The molecule has 0 aliphatic rings. The monoisotopic (exact) mass is 398 g/mol. The quantitative estimate of drug-likeness (QED) is 0.278. The van der Waals surface area contributed by atoms with Gasteiger partial charge >= 0.3 is 5.97 Å². The van der Waals surface area contributed by atoms with Crippen LogP contribution in [0, 0.1) is 0 Å². The summed E-state index contributed by atoms with van der Waals surface area (Å²) < 4.78 is 1.69. The van der Waals surface area contributed by atoms with E-state index in [-0.39, 0.29) is 13.2 Å². The third-order valence-electron chi connectivity index (χ3n) is 2.81. The number of likely N-dealkylation sites (N-methyl/N-ethyl adjacent to an activating group) is 2. The molecule has 0 fully saturated rings. The molecule has 4 N–H and O–H groups in total. The van der Waals surface area contributed by atoms with Gasteiger partial charge in [-0.15, -0.1) is 0 Å². The number of hydrogen-bond donors (Lipinski definition) is 4. The predicted molar refractivity (Wildman–Crippen MR) is 91.8 cm³/mol. The van der Waals surface area contributed by atoms with Gasteiger partial charge in [-0.2, -0.15) is 0 Å². The van der Waals surface area contributed by atoms with Crippen molar-refractivity contribution < 1.29 is 54.0 Å². The van der Waals surface area contributed by atoms with E-state index < -0.39 is 36.4 Å². The molecular formula is C16H34N2O9. The number of aliphatic hydroxyl groups is 3. The number of aliphatic carboxylic acids is 3. The fraction of sp³-hybridized carbons (Fsp3) is 0.812. The highest BCUT2D eigenvalue weighted by atomic mass is 16.4. The van der Waals surface area contributed by atoms with E-state index in [1.54, 1.807) is 0 Å². The van der Waals surface area contributed by atoms with E-state index in [1.165, 1.54) is 0 Å². The molecule has 0 aromatic carbocycles. The van der Waals surface area contributed by atoms with Crippen molar-refractivity contribution in [1.29, 1.82) is 0 Å². The van der Waals surface area contributed by atoms with Crippen LogP contribution in [0.5, 0.6) is 0 Å². The van der Waals surface area contributed by atoms with Gasteiger partial charge in [-0.3, -0.25) is 0 Å². The van der Waals surface area contributed by atoms with Crippen molar-refractivity contribution in [2.24, 2.45) is 0 Å². The number of rotatable bonds is 9. The van der Waals surface area contributed by atoms with Crippen LogP contribution in [-0.2, 0) is 14.4 Å². The predicted octanol–water partition coefficient (Wildman–Crippen LogP) is -4.55. The second kappa shape index (κ2) is 13.4. The summed E-state index contributed by atoms with van der Waals surface area (Å²) in [6.45, 7) is 2.23. The molecule has 0 rings (SSSR count). The molecule has 0 radical (unpaired) electrons. The number of hydrogen-bond acceptors (Lipinski definition) is 8. The summed E-state index contributed by atoms with van der Waals surface area (Å²) in [6.07, 6.45) is -2.59. The number of nitrogens with zero attached hydrogens (tertiary/aromatic N) is 2. The van der Waals surface area contributed by atoms with Crippen molar-refractivity contribution in [2.45, 2.75) is 18.4 Å². The second-order valence-corrected chi connectivity index (χ2v) is 7.91. The fourth-order valence-electron chi connectivity index (χ4n) is 1.29. The molecular weight excluding hydrogens is 364 g/mol. The Labute approximate surface area is 159 Å². The average Bonchev–Trinajstić information content (AvgIpc) is 2.34. The van der Waals surface area contributed by atoms with Crippen LogP contribution in [-0.4, -0.2) is 121 Å². The van der Waals surface area contributed by atoms with E-state index in [4.69, 9.17) is 20.4 Å². The number of quaternary nitrogens is 2. The van der Waals surface area contributed by atoms with E-state index in [0.29, 0.717) is 0 Å². The van der Waals surface area contributed by atoms with Crippen LogP contribution in [0.25, 0.3) is 0 Å². The molecule has 0 spiro atoms. The van der Waals surface area contributed by atoms with Gasteiger partial charge in [0.05, 0.1) is 55.5 Å². The Morgan fingerprint density at radius 2 is 1.04 bits per heavy atom. The number of carboxylic acid groups (broad SMARTS) is 3. The summed E-state index contributed by atoms with van der Waals surface area (Å²) in [5.74, 6) is -5.65. The van der Waals surface area contributed by atoms with Gasteiger partial charge in [-0.05, 0) is 0 Å². The van der Waals surface area contributed by atoms with Gasteiger partial charge < -0.3 is 49.2 Å². The smallest absolute Gasteiger partial charge is 0.336 e. The first-order valence-corrected chi connectivity index (χ1v) is 8.08. The Hall–Kier alpha value is -1.79. The molecule has 0 unspecified atom stereocenters. The summed E-state index contributed by atoms with van der Waals surface area (Å²) in [6, 6.07) is 0. The molecule has 0 aromatic heterocycles. The van der Waals surface area contributed by atoms with Gasteiger partial charge in [0.25, 0.3) is 0 Å². The molecule has 0 saturated heterocycles. The van der Waals surface area contributed by atoms with Crippen molar-refractivity contribution in [3.63, 3.8) is 0 Å². The molecule has 0 aliphatic heterocycles. The Kier molecular flexibility index (Phi) is 14.9. The number of carboxylic acids is 3. The van der Waals surface area contributed by atoms with Gasteiger partial charge in [0.2, 0.25) is 0 Å². The van der Waals surface area contributed by atoms with Crippen LogP contribution in [0.4, 0.5) is 0 Å². The average molecular weight is 398 g/mol. The number of aliphatic hydroxyl groups excluding tert-OH is 2. The second-order valence-electron chi connectivity index (χ2n) is 7.91. The minimum Gasteiger partial charge on any atom is -0.550 e. The third kappa shape index (κ3) is 24.2. The molecule has 162 valence electrons. The van der Waals surface area contributed by atoms with Crippen molar-refractivity contribution in [1.82, 2.24) is 0 Å². The maximum absolute atomic E-state index is 10.3. The summed E-state index contributed by atoms with van der Waals surface area (Å²) >= 11 is 0. The molecule has 0 aliphatic carbocycles. The highest BCUT2D eigenvalue weighted by Gasteiger charge is 2.36. The van der Waals surface area contributed by atoms with Crippen LogP contribution >= 0.6 is 0 Å². The zero-order chi connectivity index (χ0) is 22.5. The standard InChI is InChI=1S/C6H8O7.2C5H14NO/c7-3(8)1-6(13,5(11)12)2-4(9)10;2*1-6(2,3)4-5-7/h13H,1-2H2,(H,7,8)(H,9,10)(H,11,12);2*7H,4-5H2,1-3H3/q;2*+1/p-2. The lowest BCUT2D eigenvalue weighted by molar-refractivity contribution is -0.870. The lowest BCUT2D eigenvalue weighted by atomic mass is 9.96. The van der Waals surface area contributed by atoms with Gasteiger partial charge in [0.15, 0.2) is 5.60 Å². The van der Waals surface area contributed by atoms with Crippen LogP contribution in [0.15, 0.2) is 0 Å². The molecule has 0 heterocycles. The molecule has 0 amide bonds. The molecule has 0 aromatic rings. The normalized spacial score (nSPS) is 11.4. The molecule has 11 heteroatoms. The largest absolute Gasteiger partial charge is 0.550 e. The Balaban J connectivity index is -0.000000350. The lowest BCUT2D eigenvalue weighted by Gasteiger charge is -2.23. The van der Waals surface area contributed by atoms with E-state index >= 15 is 0 Å². The maximum Gasteiger partial charge on any atom is 0.336 e. The Morgan fingerprint density at radius 3 is 1.11 bits per heavy atom. The first kappa shape index (κ1) is 30.0. The molecule has 0 atom stereocenters. The van der Waals surface area contributed by atoms with Crippen molar-refractivity contribution in [3.05, 3.63) is 0 Å². The van der Waals surface area contributed by atoms with E-state index in [9.17, 15) is 24.6 Å². The van der Waals surface area contributed by atoms with Crippen molar-refractivity contribution >= 4 is 17.9 Å². The Bertz CT molecular complexity index is 422. The molecule has 27 heavy (non-hydrogen) atoms. The zero-order valence-corrected chi connectivity index (χ0v) is 17.0. The SMILES string of the molecule is C[N+](C)(C)CCO.C[N+](C)(C)CCO.O=C([O-])CC(O)(CC(=O)[O-])C(=O)O. The number of carbonyl (C=O) groups excluding carboxylic acids is 2. The van der Waals surface area contributed by atoms with Crippen LogP contribution in [0.1, 0.15) is 12.8 Å². The van der Waals surface area contributed by atoms with E-state index in [2.05, 4.69) is 42.3 Å². The molecule has 0 bridgehead atoms. The number of carbonyl (C=O) groups is 3. The topological polar surface area (TPSA) is 178 Å². The van der Waals surface area contributed by atoms with Crippen molar-refractivity contribution in [3.8, 4) is 0 Å². The zero-order valence-electron chi connectivity index (χ0n) is 17.0. The van der Waals surface area contributed by atoms with Gasteiger partial charge in [0.1, 0.15) is 13.1 Å². The minimum atomic E-state index is -2.86. The Morgan fingerprint density at radius 1 is 0.778 bits per heavy atom. The summed E-state index contributed by atoms with van der Waals surface area (Å²) in [4.78, 5) is 30.2.